The number of hydrogen-bond donors (Lipinski definition) is 1. The van der Waals surface area contributed by atoms with Crippen LogP contribution in [0.5, 0.6) is 5.75 Å². The molecule has 0 amide bonds. The lowest BCUT2D eigenvalue weighted by Crippen LogP contribution is -2.37. The van der Waals surface area contributed by atoms with Crippen LogP contribution in [-0.2, 0) is 13.2 Å². The minimum Gasteiger partial charge on any atom is -0.485 e. The molecule has 0 atom stereocenters. The lowest BCUT2D eigenvalue weighted by molar-refractivity contribution is -0.0180. The minimum atomic E-state index is -0.684. The molecule has 1 aliphatic carbocycles. The van der Waals surface area contributed by atoms with E-state index >= 15 is 0 Å². The fourth-order valence-corrected chi connectivity index (χ4v) is 2.70. The van der Waals surface area contributed by atoms with Crippen LogP contribution in [0.2, 0.25) is 0 Å². The van der Waals surface area contributed by atoms with Crippen LogP contribution in [0.4, 0.5) is 0 Å². The SMILES string of the molecule is OC1(Cn2nnc(COc3ccccc3)n2)CCCCC1. The molecule has 1 fully saturated rings. The highest BCUT2D eigenvalue weighted by atomic mass is 16.5. The van der Waals surface area contributed by atoms with Gasteiger partial charge in [0.05, 0.1) is 12.1 Å². The Hall–Kier alpha value is -1.95. The highest BCUT2D eigenvalue weighted by Crippen LogP contribution is 2.28. The summed E-state index contributed by atoms with van der Waals surface area (Å²) in [5.41, 5.74) is -0.684. The summed E-state index contributed by atoms with van der Waals surface area (Å²) in [6, 6.07) is 9.53. The molecule has 1 heterocycles. The van der Waals surface area contributed by atoms with Crippen molar-refractivity contribution in [2.75, 3.05) is 0 Å². The minimum absolute atomic E-state index is 0.280. The van der Waals surface area contributed by atoms with Gasteiger partial charge in [-0.1, -0.05) is 37.5 Å². The van der Waals surface area contributed by atoms with Crippen molar-refractivity contribution in [3.63, 3.8) is 0 Å². The Morgan fingerprint density at radius 2 is 1.90 bits per heavy atom. The Morgan fingerprint density at radius 1 is 1.14 bits per heavy atom. The molecule has 0 aliphatic heterocycles. The second-order valence-electron chi connectivity index (χ2n) is 5.62. The third-order valence-electron chi connectivity index (χ3n) is 3.83. The maximum absolute atomic E-state index is 10.5. The van der Waals surface area contributed by atoms with E-state index in [1.165, 1.54) is 11.2 Å². The van der Waals surface area contributed by atoms with E-state index in [-0.39, 0.29) is 6.61 Å². The number of hydrogen-bond acceptors (Lipinski definition) is 5. The van der Waals surface area contributed by atoms with Crippen LogP contribution in [0.15, 0.2) is 30.3 Å². The van der Waals surface area contributed by atoms with Gasteiger partial charge in [0.1, 0.15) is 5.75 Å². The van der Waals surface area contributed by atoms with Gasteiger partial charge in [-0.15, -0.1) is 10.2 Å². The molecule has 0 bridgehead atoms. The second-order valence-corrected chi connectivity index (χ2v) is 5.62. The summed E-state index contributed by atoms with van der Waals surface area (Å²) in [5.74, 6) is 1.30. The highest BCUT2D eigenvalue weighted by Gasteiger charge is 2.30. The number of para-hydroxylation sites is 1. The maximum Gasteiger partial charge on any atom is 0.212 e. The predicted octanol–water partition coefficient (Wildman–Crippen LogP) is 1.95. The molecule has 6 heteroatoms. The first-order chi connectivity index (χ1) is 10.2. The van der Waals surface area contributed by atoms with Crippen molar-refractivity contribution < 1.29 is 9.84 Å². The monoisotopic (exact) mass is 288 g/mol. The van der Waals surface area contributed by atoms with E-state index in [9.17, 15) is 5.11 Å². The van der Waals surface area contributed by atoms with Crippen molar-refractivity contribution in [2.24, 2.45) is 0 Å². The van der Waals surface area contributed by atoms with Gasteiger partial charge in [-0.05, 0) is 30.2 Å². The lowest BCUT2D eigenvalue weighted by Gasteiger charge is -2.30. The molecule has 0 radical (unpaired) electrons. The van der Waals surface area contributed by atoms with Gasteiger partial charge >= 0.3 is 0 Å². The quantitative estimate of drug-likeness (QED) is 0.910. The Kier molecular flexibility index (Phi) is 4.15. The summed E-state index contributed by atoms with van der Waals surface area (Å²) in [5, 5.41) is 22.7. The molecule has 1 saturated carbocycles. The zero-order chi connectivity index (χ0) is 14.5. The molecule has 2 aromatic rings. The molecule has 0 spiro atoms. The number of rotatable bonds is 5. The lowest BCUT2D eigenvalue weighted by atomic mass is 9.85. The van der Waals surface area contributed by atoms with Crippen molar-refractivity contribution >= 4 is 0 Å². The van der Waals surface area contributed by atoms with Gasteiger partial charge in [0.15, 0.2) is 6.61 Å². The molecular formula is C15H20N4O2. The van der Waals surface area contributed by atoms with E-state index in [1.807, 2.05) is 30.3 Å². The molecule has 1 aromatic heterocycles. The van der Waals surface area contributed by atoms with E-state index in [2.05, 4.69) is 15.4 Å². The van der Waals surface area contributed by atoms with Crippen LogP contribution < -0.4 is 4.74 Å². The van der Waals surface area contributed by atoms with Crippen molar-refractivity contribution in [3.05, 3.63) is 36.2 Å². The summed E-state index contributed by atoms with van der Waals surface area (Å²) in [6.45, 7) is 0.688. The summed E-state index contributed by atoms with van der Waals surface area (Å²) in [4.78, 5) is 1.48. The van der Waals surface area contributed by atoms with Gasteiger partial charge in [0, 0.05) is 0 Å². The molecular weight excluding hydrogens is 268 g/mol. The fraction of sp³-hybridized carbons (Fsp3) is 0.533. The van der Waals surface area contributed by atoms with Gasteiger partial charge in [-0.2, -0.15) is 4.80 Å². The van der Waals surface area contributed by atoms with Gasteiger partial charge in [0.2, 0.25) is 5.82 Å². The summed E-state index contributed by atoms with van der Waals surface area (Å²) in [7, 11) is 0. The van der Waals surface area contributed by atoms with E-state index in [1.54, 1.807) is 0 Å². The van der Waals surface area contributed by atoms with Crippen LogP contribution >= 0.6 is 0 Å². The molecule has 0 unspecified atom stereocenters. The van der Waals surface area contributed by atoms with Gasteiger partial charge < -0.3 is 9.84 Å². The Labute approximate surface area is 123 Å². The average molecular weight is 288 g/mol. The normalized spacial score (nSPS) is 17.6. The van der Waals surface area contributed by atoms with Crippen LogP contribution in [0, 0.1) is 0 Å². The van der Waals surface area contributed by atoms with Crippen molar-refractivity contribution in [1.82, 2.24) is 20.2 Å². The second kappa shape index (κ2) is 6.22. The Bertz CT molecular complexity index is 564. The van der Waals surface area contributed by atoms with Crippen LogP contribution in [0.1, 0.15) is 37.9 Å². The van der Waals surface area contributed by atoms with Gasteiger partial charge in [-0.3, -0.25) is 0 Å². The topological polar surface area (TPSA) is 73.1 Å². The molecule has 0 saturated heterocycles. The van der Waals surface area contributed by atoms with Gasteiger partial charge in [-0.25, -0.2) is 0 Å². The van der Waals surface area contributed by atoms with E-state index in [4.69, 9.17) is 4.74 Å². The van der Waals surface area contributed by atoms with Gasteiger partial charge in [0.25, 0.3) is 0 Å². The first-order valence-electron chi connectivity index (χ1n) is 7.40. The van der Waals surface area contributed by atoms with E-state index in [0.29, 0.717) is 12.4 Å². The summed E-state index contributed by atoms with van der Waals surface area (Å²) < 4.78 is 5.58. The Morgan fingerprint density at radius 3 is 2.67 bits per heavy atom. The van der Waals surface area contributed by atoms with Crippen molar-refractivity contribution in [1.29, 1.82) is 0 Å². The fourth-order valence-electron chi connectivity index (χ4n) is 2.70. The van der Waals surface area contributed by atoms with Crippen molar-refractivity contribution in [3.8, 4) is 5.75 Å². The summed E-state index contributed by atoms with van der Waals surface area (Å²) in [6.07, 6.45) is 4.95. The van der Waals surface area contributed by atoms with Crippen molar-refractivity contribution in [2.45, 2.75) is 50.9 Å². The zero-order valence-corrected chi connectivity index (χ0v) is 12.0. The zero-order valence-electron chi connectivity index (χ0n) is 12.0. The molecule has 1 N–H and O–H groups in total. The molecule has 112 valence electrons. The first kappa shape index (κ1) is 14.0. The maximum atomic E-state index is 10.5. The number of aromatic nitrogens is 4. The largest absolute Gasteiger partial charge is 0.485 e. The number of ether oxygens (including phenoxy) is 1. The highest BCUT2D eigenvalue weighted by molar-refractivity contribution is 5.20. The molecule has 21 heavy (non-hydrogen) atoms. The molecule has 1 aromatic carbocycles. The molecule has 3 rings (SSSR count). The van der Waals surface area contributed by atoms with E-state index in [0.717, 1.165) is 31.4 Å². The number of nitrogens with zero attached hydrogens (tertiary/aromatic N) is 4. The van der Waals surface area contributed by atoms with Crippen LogP contribution in [-0.4, -0.2) is 30.9 Å². The predicted molar refractivity (Wildman–Crippen MR) is 76.6 cm³/mol. The molecule has 6 nitrogen and oxygen atoms in total. The number of benzene rings is 1. The number of aliphatic hydroxyl groups is 1. The average Bonchev–Trinajstić information content (AvgIpc) is 2.94. The van der Waals surface area contributed by atoms with Crippen LogP contribution in [0.3, 0.4) is 0 Å². The molecule has 1 aliphatic rings. The first-order valence-corrected chi connectivity index (χ1v) is 7.40. The number of tetrazole rings is 1. The van der Waals surface area contributed by atoms with Crippen LogP contribution in [0.25, 0.3) is 0 Å². The van der Waals surface area contributed by atoms with E-state index < -0.39 is 5.60 Å². The third kappa shape index (κ3) is 3.78. The summed E-state index contributed by atoms with van der Waals surface area (Å²) >= 11 is 0. The Balaban J connectivity index is 1.56. The third-order valence-corrected chi connectivity index (χ3v) is 3.83. The smallest absolute Gasteiger partial charge is 0.212 e. The standard InChI is InChI=1S/C15H20N4O2/c20-15(9-5-2-6-10-15)12-19-17-14(16-18-19)11-21-13-7-3-1-4-8-13/h1,3-4,7-8,20H,2,5-6,9-12H2.